The molecular weight excluding hydrogens is 274 g/mol. The normalized spacial score (nSPS) is 10.4. The second-order valence-corrected chi connectivity index (χ2v) is 4.76. The van der Waals surface area contributed by atoms with E-state index < -0.39 is 0 Å². The van der Waals surface area contributed by atoms with Gasteiger partial charge < -0.3 is 11.1 Å². The summed E-state index contributed by atoms with van der Waals surface area (Å²) < 4.78 is 0. The molecule has 98 valence electrons. The minimum absolute atomic E-state index is 0.499. The quantitative estimate of drug-likeness (QED) is 0.629. The second-order valence-electron chi connectivity index (χ2n) is 4.32. The molecule has 0 aliphatic heterocycles. The molecule has 0 saturated carbocycles. The van der Waals surface area contributed by atoms with Gasteiger partial charge in [-0.2, -0.15) is 10.4 Å². The first-order valence-electron chi connectivity index (χ1n) is 5.86. The van der Waals surface area contributed by atoms with E-state index in [2.05, 4.69) is 21.6 Å². The van der Waals surface area contributed by atoms with Gasteiger partial charge in [-0.05, 0) is 30.3 Å². The van der Waals surface area contributed by atoms with E-state index in [1.54, 1.807) is 24.4 Å². The van der Waals surface area contributed by atoms with E-state index in [4.69, 9.17) is 22.6 Å². The fraction of sp³-hybridized carbons (Fsp3) is 0. The number of hydrogen-bond donors (Lipinski definition) is 3. The zero-order chi connectivity index (χ0) is 14.1. The first kappa shape index (κ1) is 12.3. The third kappa shape index (κ3) is 2.13. The maximum atomic E-state index is 9.11. The van der Waals surface area contributed by atoms with Gasteiger partial charge in [0.2, 0.25) is 0 Å². The van der Waals surface area contributed by atoms with Crippen LogP contribution in [0.15, 0.2) is 36.5 Å². The summed E-state index contributed by atoms with van der Waals surface area (Å²) in [4.78, 5) is 0. The van der Waals surface area contributed by atoms with Gasteiger partial charge in [0.1, 0.15) is 6.07 Å². The first-order chi connectivity index (χ1) is 9.67. The predicted octanol–water partition coefficient (Wildman–Crippen LogP) is 3.41. The van der Waals surface area contributed by atoms with Crippen LogP contribution in [0.2, 0.25) is 5.02 Å². The van der Waals surface area contributed by atoms with Crippen LogP contribution >= 0.6 is 11.6 Å². The van der Waals surface area contributed by atoms with Crippen molar-refractivity contribution < 1.29 is 0 Å². The summed E-state index contributed by atoms with van der Waals surface area (Å²) in [7, 11) is 0. The smallest absolute Gasteiger partial charge is 0.101 e. The van der Waals surface area contributed by atoms with Crippen LogP contribution in [-0.2, 0) is 0 Å². The summed E-state index contributed by atoms with van der Waals surface area (Å²) in [6, 6.07) is 10.8. The van der Waals surface area contributed by atoms with Crippen molar-refractivity contribution in [2.45, 2.75) is 0 Å². The molecule has 1 heterocycles. The van der Waals surface area contributed by atoms with Crippen LogP contribution in [0.1, 0.15) is 5.56 Å². The Morgan fingerprint density at radius 3 is 2.90 bits per heavy atom. The molecule has 3 aromatic rings. The van der Waals surface area contributed by atoms with Crippen LogP contribution in [0, 0.1) is 11.3 Å². The Morgan fingerprint density at radius 2 is 2.10 bits per heavy atom. The Hall–Kier alpha value is -2.71. The van der Waals surface area contributed by atoms with E-state index in [1.165, 1.54) is 0 Å². The zero-order valence-electron chi connectivity index (χ0n) is 10.3. The molecule has 0 saturated heterocycles. The van der Waals surface area contributed by atoms with Gasteiger partial charge >= 0.3 is 0 Å². The van der Waals surface area contributed by atoms with E-state index in [1.807, 2.05) is 12.1 Å². The van der Waals surface area contributed by atoms with Gasteiger partial charge in [-0.3, -0.25) is 5.10 Å². The number of nitrogens with two attached hydrogens (primary N) is 1. The summed E-state index contributed by atoms with van der Waals surface area (Å²) in [5.74, 6) is 0. The molecule has 4 N–H and O–H groups in total. The van der Waals surface area contributed by atoms with Crippen LogP contribution < -0.4 is 11.1 Å². The van der Waals surface area contributed by atoms with Crippen LogP contribution in [0.25, 0.3) is 10.9 Å². The molecule has 5 nitrogen and oxygen atoms in total. The highest BCUT2D eigenvalue weighted by Crippen LogP contribution is 2.30. The molecule has 0 aliphatic carbocycles. The monoisotopic (exact) mass is 283 g/mol. The fourth-order valence-electron chi connectivity index (χ4n) is 1.98. The maximum absolute atomic E-state index is 9.11. The van der Waals surface area contributed by atoms with Crippen molar-refractivity contribution in [1.82, 2.24) is 10.2 Å². The maximum Gasteiger partial charge on any atom is 0.101 e. The van der Waals surface area contributed by atoms with Crippen LogP contribution in [-0.4, -0.2) is 10.2 Å². The third-order valence-electron chi connectivity index (χ3n) is 2.98. The Bertz CT molecular complexity index is 831. The molecule has 0 bridgehead atoms. The predicted molar refractivity (Wildman–Crippen MR) is 80.0 cm³/mol. The largest absolute Gasteiger partial charge is 0.397 e. The van der Waals surface area contributed by atoms with Crippen molar-refractivity contribution in [3.05, 3.63) is 47.1 Å². The van der Waals surface area contributed by atoms with E-state index >= 15 is 0 Å². The van der Waals surface area contributed by atoms with Gasteiger partial charge in [0, 0.05) is 10.4 Å². The first-order valence-corrected chi connectivity index (χ1v) is 6.24. The average molecular weight is 284 g/mol. The summed E-state index contributed by atoms with van der Waals surface area (Å²) in [6.45, 7) is 0. The number of rotatable bonds is 2. The van der Waals surface area contributed by atoms with Gasteiger partial charge in [0.15, 0.2) is 0 Å². The Balaban J connectivity index is 2.07. The summed E-state index contributed by atoms with van der Waals surface area (Å²) in [5.41, 5.74) is 9.25. The number of nitriles is 1. The van der Waals surface area contributed by atoms with Crippen LogP contribution in [0.4, 0.5) is 17.1 Å². The minimum Gasteiger partial charge on any atom is -0.397 e. The molecule has 0 fully saturated rings. The van der Waals surface area contributed by atoms with Crippen molar-refractivity contribution in [2.24, 2.45) is 0 Å². The molecule has 0 radical (unpaired) electrons. The molecular formula is C14H10ClN5. The van der Waals surface area contributed by atoms with Gasteiger partial charge in [-0.25, -0.2) is 0 Å². The molecule has 1 aromatic heterocycles. The SMILES string of the molecule is N#Cc1ccc(Cl)cc1Nc1cc2[nH]ncc2cc1N. The highest BCUT2D eigenvalue weighted by atomic mass is 35.5. The summed E-state index contributed by atoms with van der Waals surface area (Å²) >= 11 is 5.96. The van der Waals surface area contributed by atoms with Crippen molar-refractivity contribution >= 4 is 39.6 Å². The molecule has 20 heavy (non-hydrogen) atoms. The number of aromatic nitrogens is 2. The number of hydrogen-bond acceptors (Lipinski definition) is 4. The van der Waals surface area contributed by atoms with Gasteiger partial charge in [0.25, 0.3) is 0 Å². The molecule has 3 rings (SSSR count). The standard InChI is InChI=1S/C14H10ClN5/c15-10-2-1-8(6-16)12(4-10)19-14-5-13-9(3-11(14)17)7-18-20-13/h1-5,7,19H,17H2,(H,18,20). The van der Waals surface area contributed by atoms with Crippen molar-refractivity contribution in [3.8, 4) is 6.07 Å². The molecule has 6 heteroatoms. The van der Waals surface area contributed by atoms with Crippen molar-refractivity contribution in [1.29, 1.82) is 5.26 Å². The lowest BCUT2D eigenvalue weighted by Gasteiger charge is -2.11. The van der Waals surface area contributed by atoms with Gasteiger partial charge in [-0.1, -0.05) is 11.6 Å². The molecule has 0 atom stereocenters. The topological polar surface area (TPSA) is 90.5 Å². The summed E-state index contributed by atoms with van der Waals surface area (Å²) in [6.07, 6.45) is 1.70. The zero-order valence-corrected chi connectivity index (χ0v) is 11.1. The Labute approximate surface area is 120 Å². The number of aromatic amines is 1. The lowest BCUT2D eigenvalue weighted by molar-refractivity contribution is 1.12. The number of fused-ring (bicyclic) bond motifs is 1. The summed E-state index contributed by atoms with van der Waals surface area (Å²) in [5, 5.41) is 20.6. The lowest BCUT2D eigenvalue weighted by Crippen LogP contribution is -1.98. The second kappa shape index (κ2) is 4.76. The Kier molecular flexibility index (Phi) is 2.93. The number of halogens is 1. The van der Waals surface area contributed by atoms with E-state index in [0.29, 0.717) is 27.6 Å². The molecule has 0 spiro atoms. The number of nitrogens with zero attached hydrogens (tertiary/aromatic N) is 2. The number of benzene rings is 2. The van der Waals surface area contributed by atoms with Gasteiger partial charge in [-0.15, -0.1) is 0 Å². The Morgan fingerprint density at radius 1 is 1.25 bits per heavy atom. The fourth-order valence-corrected chi connectivity index (χ4v) is 2.15. The van der Waals surface area contributed by atoms with Gasteiger partial charge in [0.05, 0.1) is 34.3 Å². The van der Waals surface area contributed by atoms with Crippen molar-refractivity contribution in [2.75, 3.05) is 11.1 Å². The molecule has 0 aliphatic rings. The van der Waals surface area contributed by atoms with Crippen LogP contribution in [0.5, 0.6) is 0 Å². The number of H-pyrrole nitrogens is 1. The number of nitrogen functional groups attached to an aromatic ring is 1. The molecule has 2 aromatic carbocycles. The minimum atomic E-state index is 0.499. The highest BCUT2D eigenvalue weighted by molar-refractivity contribution is 6.30. The van der Waals surface area contributed by atoms with Crippen LogP contribution in [0.3, 0.4) is 0 Å². The number of anilines is 3. The van der Waals surface area contributed by atoms with Crippen molar-refractivity contribution in [3.63, 3.8) is 0 Å². The lowest BCUT2D eigenvalue weighted by atomic mass is 10.1. The molecule has 0 unspecified atom stereocenters. The third-order valence-corrected chi connectivity index (χ3v) is 3.22. The van der Waals surface area contributed by atoms with E-state index in [9.17, 15) is 0 Å². The van der Waals surface area contributed by atoms with E-state index in [0.717, 1.165) is 10.9 Å². The molecule has 0 amide bonds. The van der Waals surface area contributed by atoms with E-state index in [-0.39, 0.29) is 0 Å². The number of nitrogens with one attached hydrogen (secondary N) is 2. The average Bonchev–Trinajstić information content (AvgIpc) is 2.86. The highest BCUT2D eigenvalue weighted by Gasteiger charge is 2.08.